The maximum atomic E-state index is 5.27. The van der Waals surface area contributed by atoms with Crippen molar-refractivity contribution in [1.82, 2.24) is 15.0 Å². The van der Waals surface area contributed by atoms with Crippen LogP contribution in [-0.4, -0.2) is 15.0 Å². The Morgan fingerprint density at radius 2 is 0.945 bits per heavy atom. The fourth-order valence-electron chi connectivity index (χ4n) is 8.32. The van der Waals surface area contributed by atoms with Gasteiger partial charge in [-0.15, -0.1) is 0 Å². The molecule has 0 atom stereocenters. The van der Waals surface area contributed by atoms with E-state index in [9.17, 15) is 0 Å². The monoisotopic (exact) mass is 703 g/mol. The number of fused-ring (bicyclic) bond motifs is 5. The Kier molecular flexibility index (Phi) is 7.81. The first-order valence-electron chi connectivity index (χ1n) is 18.8. The summed E-state index contributed by atoms with van der Waals surface area (Å²) in [5, 5.41) is 2.51. The van der Waals surface area contributed by atoms with Crippen molar-refractivity contribution in [2.75, 3.05) is 0 Å². The molecule has 1 aliphatic rings. The highest BCUT2D eigenvalue weighted by molar-refractivity contribution is 6.09. The molecule has 0 unspecified atom stereocenters. The Hall–Kier alpha value is -6.97. The number of rotatable bonds is 6. The van der Waals surface area contributed by atoms with Crippen LogP contribution in [-0.2, 0) is 5.41 Å². The Labute approximate surface area is 321 Å². The molecule has 3 nitrogen and oxygen atoms in total. The quantitative estimate of drug-likeness (QED) is 0.173. The third kappa shape index (κ3) is 5.73. The van der Waals surface area contributed by atoms with Gasteiger partial charge in [0.2, 0.25) is 0 Å². The smallest absolute Gasteiger partial charge is 0.160 e. The molecule has 7 aromatic carbocycles. The van der Waals surface area contributed by atoms with E-state index in [4.69, 9.17) is 9.97 Å². The summed E-state index contributed by atoms with van der Waals surface area (Å²) in [5.41, 5.74) is 16.7. The van der Waals surface area contributed by atoms with Gasteiger partial charge in [-0.1, -0.05) is 153 Å². The van der Waals surface area contributed by atoms with E-state index in [1.807, 2.05) is 42.6 Å². The average molecular weight is 704 g/mol. The highest BCUT2D eigenvalue weighted by Gasteiger charge is 2.37. The SMILES string of the molecule is CC1(C)c2ccccc2-c2c1cc(-c1cc(-c3ccc(-c4ccccn4)cc3)cc(-c3cc(-c4ccccc4)nc(-c4ccccc4)n3)c1)c1ccccc21. The van der Waals surface area contributed by atoms with Gasteiger partial charge in [-0.05, 0) is 97.7 Å². The predicted octanol–water partition coefficient (Wildman–Crippen LogP) is 13.3. The van der Waals surface area contributed by atoms with Crippen molar-refractivity contribution in [3.63, 3.8) is 0 Å². The molecule has 260 valence electrons. The molecule has 0 saturated carbocycles. The van der Waals surface area contributed by atoms with Gasteiger partial charge in [0, 0.05) is 33.9 Å². The first-order chi connectivity index (χ1) is 27.0. The lowest BCUT2D eigenvalue weighted by atomic mass is 9.80. The maximum Gasteiger partial charge on any atom is 0.160 e. The minimum Gasteiger partial charge on any atom is -0.256 e. The zero-order valence-electron chi connectivity index (χ0n) is 30.7. The van der Waals surface area contributed by atoms with E-state index in [0.29, 0.717) is 5.82 Å². The molecule has 0 fully saturated rings. The minimum atomic E-state index is -0.145. The van der Waals surface area contributed by atoms with E-state index in [0.717, 1.165) is 56.0 Å². The van der Waals surface area contributed by atoms with Crippen LogP contribution in [0.1, 0.15) is 25.0 Å². The second-order valence-electron chi connectivity index (χ2n) is 14.8. The molecule has 0 radical (unpaired) electrons. The highest BCUT2D eigenvalue weighted by Crippen LogP contribution is 2.53. The highest BCUT2D eigenvalue weighted by atomic mass is 14.9. The lowest BCUT2D eigenvalue weighted by Crippen LogP contribution is -2.15. The molecule has 3 heteroatoms. The van der Waals surface area contributed by atoms with E-state index in [1.54, 1.807) is 0 Å². The molecule has 0 amide bonds. The first kappa shape index (κ1) is 32.7. The Bertz CT molecular complexity index is 2800. The van der Waals surface area contributed by atoms with Crippen molar-refractivity contribution in [2.45, 2.75) is 19.3 Å². The van der Waals surface area contributed by atoms with Crippen LogP contribution in [0.2, 0.25) is 0 Å². The molecule has 9 aromatic rings. The molecule has 2 aromatic heterocycles. The number of hydrogen-bond acceptors (Lipinski definition) is 3. The maximum absolute atomic E-state index is 5.27. The van der Waals surface area contributed by atoms with E-state index in [2.05, 4.69) is 164 Å². The molecular weight excluding hydrogens is 667 g/mol. The predicted molar refractivity (Wildman–Crippen MR) is 228 cm³/mol. The van der Waals surface area contributed by atoms with Crippen LogP contribution in [0.25, 0.3) is 89.3 Å². The van der Waals surface area contributed by atoms with Crippen LogP contribution in [0.5, 0.6) is 0 Å². The van der Waals surface area contributed by atoms with Crippen molar-refractivity contribution >= 4 is 10.8 Å². The zero-order valence-corrected chi connectivity index (χ0v) is 30.7. The lowest BCUT2D eigenvalue weighted by molar-refractivity contribution is 0.661. The van der Waals surface area contributed by atoms with Gasteiger partial charge in [0.1, 0.15) is 0 Å². The lowest BCUT2D eigenvalue weighted by Gasteiger charge is -2.23. The normalized spacial score (nSPS) is 12.7. The van der Waals surface area contributed by atoms with Gasteiger partial charge in [0.25, 0.3) is 0 Å². The van der Waals surface area contributed by atoms with Gasteiger partial charge < -0.3 is 0 Å². The summed E-state index contributed by atoms with van der Waals surface area (Å²) in [5.74, 6) is 0.700. The van der Waals surface area contributed by atoms with Gasteiger partial charge in [-0.2, -0.15) is 0 Å². The second kappa shape index (κ2) is 13.2. The Balaban J connectivity index is 1.22. The van der Waals surface area contributed by atoms with Crippen molar-refractivity contribution in [3.8, 4) is 78.5 Å². The number of hydrogen-bond donors (Lipinski definition) is 0. The molecule has 0 aliphatic heterocycles. The zero-order chi connectivity index (χ0) is 36.9. The number of nitrogens with zero attached hydrogens (tertiary/aromatic N) is 3. The molecule has 2 heterocycles. The number of aromatic nitrogens is 3. The summed E-state index contributed by atoms with van der Waals surface area (Å²) in [7, 11) is 0. The van der Waals surface area contributed by atoms with E-state index in [1.165, 1.54) is 38.6 Å². The Morgan fingerprint density at radius 1 is 0.364 bits per heavy atom. The van der Waals surface area contributed by atoms with Crippen LogP contribution >= 0.6 is 0 Å². The first-order valence-corrected chi connectivity index (χ1v) is 18.8. The topological polar surface area (TPSA) is 38.7 Å². The summed E-state index contributed by atoms with van der Waals surface area (Å²) < 4.78 is 0. The van der Waals surface area contributed by atoms with Crippen LogP contribution in [0, 0.1) is 0 Å². The molecule has 0 N–H and O–H groups in total. The molecule has 1 aliphatic carbocycles. The van der Waals surface area contributed by atoms with Crippen molar-refractivity contribution in [3.05, 3.63) is 199 Å². The molecular formula is C52H37N3. The summed E-state index contributed by atoms with van der Waals surface area (Å²) in [6.07, 6.45) is 1.84. The summed E-state index contributed by atoms with van der Waals surface area (Å²) in [6, 6.07) is 64.8. The fourth-order valence-corrected chi connectivity index (χ4v) is 8.32. The van der Waals surface area contributed by atoms with Crippen LogP contribution < -0.4 is 0 Å². The van der Waals surface area contributed by atoms with E-state index in [-0.39, 0.29) is 5.41 Å². The van der Waals surface area contributed by atoms with Crippen LogP contribution in [0.3, 0.4) is 0 Å². The Morgan fingerprint density at radius 3 is 1.69 bits per heavy atom. The summed E-state index contributed by atoms with van der Waals surface area (Å²) in [4.78, 5) is 15.0. The molecule has 55 heavy (non-hydrogen) atoms. The standard InChI is InChI=1S/C52H37N3/c1-52(2)45-22-12-11-21-43(45)50-42-20-10-9-19-41(42)44(32-46(50)52)39-29-38(34-24-26-36(27-25-34)47-23-13-14-28-53-47)30-40(31-39)49-33-48(35-15-5-3-6-16-35)54-51(55-49)37-17-7-4-8-18-37/h3-33H,1-2H3. The molecule has 0 saturated heterocycles. The van der Waals surface area contributed by atoms with Gasteiger partial charge in [-0.25, -0.2) is 9.97 Å². The van der Waals surface area contributed by atoms with Gasteiger partial charge in [0.15, 0.2) is 5.82 Å². The third-order valence-electron chi connectivity index (χ3n) is 11.1. The average Bonchev–Trinajstić information content (AvgIpc) is 3.49. The van der Waals surface area contributed by atoms with Crippen molar-refractivity contribution in [2.24, 2.45) is 0 Å². The van der Waals surface area contributed by atoms with Gasteiger partial charge >= 0.3 is 0 Å². The summed E-state index contributed by atoms with van der Waals surface area (Å²) in [6.45, 7) is 4.72. The molecule has 10 rings (SSSR count). The van der Waals surface area contributed by atoms with Gasteiger partial charge in [0.05, 0.1) is 17.1 Å². The summed E-state index contributed by atoms with van der Waals surface area (Å²) >= 11 is 0. The largest absolute Gasteiger partial charge is 0.256 e. The minimum absolute atomic E-state index is 0.145. The molecule has 0 bridgehead atoms. The van der Waals surface area contributed by atoms with E-state index >= 15 is 0 Å². The van der Waals surface area contributed by atoms with Crippen LogP contribution in [0.4, 0.5) is 0 Å². The number of pyridine rings is 1. The van der Waals surface area contributed by atoms with Crippen molar-refractivity contribution in [1.29, 1.82) is 0 Å². The molecule has 0 spiro atoms. The third-order valence-corrected chi connectivity index (χ3v) is 11.1. The number of benzene rings is 7. The second-order valence-corrected chi connectivity index (χ2v) is 14.8. The van der Waals surface area contributed by atoms with Crippen LogP contribution in [0.15, 0.2) is 188 Å². The van der Waals surface area contributed by atoms with Crippen molar-refractivity contribution < 1.29 is 0 Å². The van der Waals surface area contributed by atoms with E-state index < -0.39 is 0 Å². The fraction of sp³-hybridized carbons (Fsp3) is 0.0577. The van der Waals surface area contributed by atoms with Gasteiger partial charge in [-0.3, -0.25) is 4.98 Å².